The quantitative estimate of drug-likeness (QED) is 0.795. The number of rotatable bonds is 4. The molecule has 1 aliphatic heterocycles. The predicted octanol–water partition coefficient (Wildman–Crippen LogP) is 2.48. The summed E-state index contributed by atoms with van der Waals surface area (Å²) in [6, 6.07) is 0.815. The molecule has 1 aliphatic carbocycles. The Kier molecular flexibility index (Phi) is 4.26. The molecule has 94 valence electrons. The van der Waals surface area contributed by atoms with E-state index in [-0.39, 0.29) is 0 Å². The summed E-state index contributed by atoms with van der Waals surface area (Å²) in [5, 5.41) is 0. The molecule has 2 fully saturated rings. The van der Waals surface area contributed by atoms with Crippen molar-refractivity contribution in [3.05, 3.63) is 0 Å². The number of hydrogen-bond acceptors (Lipinski definition) is 2. The van der Waals surface area contributed by atoms with Gasteiger partial charge in [0.25, 0.3) is 0 Å². The Morgan fingerprint density at radius 1 is 1.19 bits per heavy atom. The van der Waals surface area contributed by atoms with Gasteiger partial charge in [0.05, 0.1) is 0 Å². The van der Waals surface area contributed by atoms with Crippen LogP contribution in [0.2, 0.25) is 0 Å². The molecule has 2 N–H and O–H groups in total. The first kappa shape index (κ1) is 12.4. The van der Waals surface area contributed by atoms with Gasteiger partial charge in [-0.05, 0) is 56.5 Å². The molecule has 0 aromatic heterocycles. The highest BCUT2D eigenvalue weighted by atomic mass is 15.2. The summed E-state index contributed by atoms with van der Waals surface area (Å²) in [5.41, 5.74) is 6.00. The minimum Gasteiger partial charge on any atom is -0.330 e. The molecule has 2 atom stereocenters. The lowest BCUT2D eigenvalue weighted by Gasteiger charge is -2.36. The topological polar surface area (TPSA) is 29.3 Å². The normalized spacial score (nSPS) is 33.0. The van der Waals surface area contributed by atoms with Crippen LogP contribution >= 0.6 is 0 Å². The third-order valence-electron chi connectivity index (χ3n) is 4.18. The van der Waals surface area contributed by atoms with Gasteiger partial charge in [-0.1, -0.05) is 20.3 Å². The van der Waals surface area contributed by atoms with E-state index in [9.17, 15) is 0 Å². The lowest BCUT2D eigenvalue weighted by Crippen LogP contribution is -2.45. The van der Waals surface area contributed by atoms with Crippen LogP contribution in [0.4, 0.5) is 0 Å². The van der Waals surface area contributed by atoms with E-state index in [0.717, 1.165) is 30.3 Å². The largest absolute Gasteiger partial charge is 0.330 e. The average molecular weight is 224 g/mol. The summed E-state index contributed by atoms with van der Waals surface area (Å²) in [6.45, 7) is 8.17. The summed E-state index contributed by atoms with van der Waals surface area (Å²) < 4.78 is 0. The fourth-order valence-corrected chi connectivity index (χ4v) is 3.40. The Balaban J connectivity index is 2.04. The van der Waals surface area contributed by atoms with Crippen LogP contribution in [0, 0.1) is 17.8 Å². The zero-order valence-electron chi connectivity index (χ0n) is 11.0. The van der Waals surface area contributed by atoms with Crippen molar-refractivity contribution in [3.8, 4) is 0 Å². The summed E-state index contributed by atoms with van der Waals surface area (Å²) in [7, 11) is 0. The standard InChI is InChI=1S/C14H28N2/c1-11(2)10-16-8-4-3-5-13(9-15)14(16)12-6-7-12/h11-14H,3-10,15H2,1-2H3/t13-,14-/m1/s1. The Labute approximate surface area is 101 Å². The second kappa shape index (κ2) is 5.50. The van der Waals surface area contributed by atoms with Gasteiger partial charge in [0.2, 0.25) is 0 Å². The monoisotopic (exact) mass is 224 g/mol. The first-order chi connectivity index (χ1) is 7.72. The van der Waals surface area contributed by atoms with Crippen molar-refractivity contribution >= 4 is 0 Å². The molecule has 0 radical (unpaired) electrons. The molecule has 2 aliphatic rings. The van der Waals surface area contributed by atoms with Crippen molar-refractivity contribution in [3.63, 3.8) is 0 Å². The minimum absolute atomic E-state index is 0.772. The minimum atomic E-state index is 0.772. The molecule has 1 saturated carbocycles. The molecule has 0 bridgehead atoms. The molecule has 0 aromatic carbocycles. The number of hydrogen-bond donors (Lipinski definition) is 1. The maximum absolute atomic E-state index is 6.00. The van der Waals surface area contributed by atoms with E-state index in [0.29, 0.717) is 0 Å². The van der Waals surface area contributed by atoms with Crippen molar-refractivity contribution in [2.75, 3.05) is 19.6 Å². The van der Waals surface area contributed by atoms with E-state index in [1.165, 1.54) is 45.2 Å². The van der Waals surface area contributed by atoms with Gasteiger partial charge >= 0.3 is 0 Å². The van der Waals surface area contributed by atoms with E-state index >= 15 is 0 Å². The van der Waals surface area contributed by atoms with E-state index < -0.39 is 0 Å². The summed E-state index contributed by atoms with van der Waals surface area (Å²) in [6.07, 6.45) is 7.05. The van der Waals surface area contributed by atoms with E-state index in [2.05, 4.69) is 18.7 Å². The first-order valence-corrected chi connectivity index (χ1v) is 7.16. The van der Waals surface area contributed by atoms with Crippen molar-refractivity contribution < 1.29 is 0 Å². The first-order valence-electron chi connectivity index (χ1n) is 7.16. The van der Waals surface area contributed by atoms with Gasteiger partial charge < -0.3 is 5.73 Å². The highest BCUT2D eigenvalue weighted by Gasteiger charge is 2.40. The van der Waals surface area contributed by atoms with Crippen molar-refractivity contribution in [2.24, 2.45) is 23.5 Å². The second-order valence-electron chi connectivity index (χ2n) is 6.21. The van der Waals surface area contributed by atoms with Gasteiger partial charge in [-0.25, -0.2) is 0 Å². The van der Waals surface area contributed by atoms with Gasteiger partial charge in [-0.2, -0.15) is 0 Å². The van der Waals surface area contributed by atoms with Gasteiger partial charge in [-0.15, -0.1) is 0 Å². The second-order valence-corrected chi connectivity index (χ2v) is 6.21. The number of nitrogens with two attached hydrogens (primary N) is 1. The van der Waals surface area contributed by atoms with E-state index in [1.807, 2.05) is 0 Å². The van der Waals surface area contributed by atoms with E-state index in [1.54, 1.807) is 0 Å². The average Bonchev–Trinajstić information content (AvgIpc) is 3.02. The van der Waals surface area contributed by atoms with Crippen molar-refractivity contribution in [2.45, 2.75) is 52.0 Å². The Hall–Kier alpha value is -0.0800. The lowest BCUT2D eigenvalue weighted by atomic mass is 9.91. The molecule has 0 unspecified atom stereocenters. The van der Waals surface area contributed by atoms with Crippen LogP contribution in [-0.2, 0) is 0 Å². The van der Waals surface area contributed by atoms with Crippen LogP contribution in [0.15, 0.2) is 0 Å². The number of nitrogens with zero attached hydrogens (tertiary/aromatic N) is 1. The zero-order chi connectivity index (χ0) is 11.5. The molecular weight excluding hydrogens is 196 g/mol. The van der Waals surface area contributed by atoms with Crippen LogP contribution in [0.5, 0.6) is 0 Å². The Morgan fingerprint density at radius 2 is 1.94 bits per heavy atom. The van der Waals surface area contributed by atoms with Gasteiger partial charge in [0.1, 0.15) is 0 Å². The predicted molar refractivity (Wildman–Crippen MR) is 69.3 cm³/mol. The molecule has 0 spiro atoms. The molecule has 1 heterocycles. The molecular formula is C14H28N2. The molecule has 0 aromatic rings. The van der Waals surface area contributed by atoms with Crippen LogP contribution in [0.1, 0.15) is 46.0 Å². The third kappa shape index (κ3) is 2.98. The molecule has 1 saturated heterocycles. The third-order valence-corrected chi connectivity index (χ3v) is 4.18. The summed E-state index contributed by atoms with van der Waals surface area (Å²) >= 11 is 0. The maximum atomic E-state index is 6.00. The molecule has 0 amide bonds. The summed E-state index contributed by atoms with van der Waals surface area (Å²) in [4.78, 5) is 2.77. The van der Waals surface area contributed by atoms with E-state index in [4.69, 9.17) is 5.73 Å². The van der Waals surface area contributed by atoms with Gasteiger partial charge in [-0.3, -0.25) is 4.90 Å². The van der Waals surface area contributed by atoms with Gasteiger partial charge in [0, 0.05) is 12.6 Å². The van der Waals surface area contributed by atoms with Crippen LogP contribution in [0.3, 0.4) is 0 Å². The lowest BCUT2D eigenvalue weighted by molar-refractivity contribution is 0.123. The zero-order valence-corrected chi connectivity index (χ0v) is 11.0. The molecule has 2 rings (SSSR count). The van der Waals surface area contributed by atoms with Crippen molar-refractivity contribution in [1.29, 1.82) is 0 Å². The van der Waals surface area contributed by atoms with Crippen LogP contribution < -0.4 is 5.73 Å². The Bertz CT molecular complexity index is 211. The Morgan fingerprint density at radius 3 is 2.50 bits per heavy atom. The molecule has 2 heteroatoms. The number of likely N-dealkylation sites (tertiary alicyclic amines) is 1. The molecule has 16 heavy (non-hydrogen) atoms. The maximum Gasteiger partial charge on any atom is 0.0164 e. The SMILES string of the molecule is CC(C)CN1CCCC[C@H](CN)[C@H]1C1CC1. The fourth-order valence-electron chi connectivity index (χ4n) is 3.40. The highest BCUT2D eigenvalue weighted by molar-refractivity contribution is 4.94. The molecule has 2 nitrogen and oxygen atoms in total. The van der Waals surface area contributed by atoms with Gasteiger partial charge in [0.15, 0.2) is 0 Å². The van der Waals surface area contributed by atoms with Crippen molar-refractivity contribution in [1.82, 2.24) is 4.90 Å². The van der Waals surface area contributed by atoms with Crippen LogP contribution in [0.25, 0.3) is 0 Å². The highest BCUT2D eigenvalue weighted by Crippen LogP contribution is 2.41. The smallest absolute Gasteiger partial charge is 0.0164 e. The fraction of sp³-hybridized carbons (Fsp3) is 1.00. The van der Waals surface area contributed by atoms with Crippen LogP contribution in [-0.4, -0.2) is 30.6 Å². The summed E-state index contributed by atoms with van der Waals surface area (Å²) in [5.74, 6) is 2.54.